The van der Waals surface area contributed by atoms with E-state index in [2.05, 4.69) is 5.32 Å². The first-order valence-corrected chi connectivity index (χ1v) is 6.89. The molecule has 0 saturated carbocycles. The second-order valence-corrected chi connectivity index (χ2v) is 5.15. The monoisotopic (exact) mass is 304 g/mol. The van der Waals surface area contributed by atoms with E-state index in [0.29, 0.717) is 16.3 Å². The number of para-hydroxylation sites is 1. The van der Waals surface area contributed by atoms with Crippen LogP contribution in [0.3, 0.4) is 0 Å². The van der Waals surface area contributed by atoms with Crippen molar-refractivity contribution in [2.45, 2.75) is 13.0 Å². The fourth-order valence-electron chi connectivity index (χ4n) is 2.13. The van der Waals surface area contributed by atoms with Crippen molar-refractivity contribution in [3.63, 3.8) is 0 Å². The fourth-order valence-corrected chi connectivity index (χ4v) is 2.37. The van der Waals surface area contributed by atoms with E-state index in [4.69, 9.17) is 22.1 Å². The Balaban J connectivity index is 2.18. The molecular formula is C16H17ClN2O2. The van der Waals surface area contributed by atoms with Crippen LogP contribution in [0.5, 0.6) is 5.75 Å². The Morgan fingerprint density at radius 3 is 2.67 bits per heavy atom. The summed E-state index contributed by atoms with van der Waals surface area (Å²) in [6.07, 6.45) is 0. The quantitative estimate of drug-likeness (QED) is 0.851. The van der Waals surface area contributed by atoms with Crippen LogP contribution in [0.4, 0.5) is 5.69 Å². The highest BCUT2D eigenvalue weighted by Gasteiger charge is 2.15. The van der Waals surface area contributed by atoms with Crippen LogP contribution >= 0.6 is 11.6 Å². The van der Waals surface area contributed by atoms with Gasteiger partial charge in [-0.15, -0.1) is 0 Å². The van der Waals surface area contributed by atoms with E-state index in [0.717, 1.165) is 11.3 Å². The summed E-state index contributed by atoms with van der Waals surface area (Å²) in [6, 6.07) is 12.1. The first-order valence-electron chi connectivity index (χ1n) is 6.51. The standard InChI is InChI=1S/C16H17ClN2O2/c1-10(14-5-3-4-6-15(14)21-2)19-16(20)11-7-12(17)9-13(18)8-11/h3-10H,18H2,1-2H3,(H,19,20)/t10-/m0/s1. The first kappa shape index (κ1) is 15.2. The Kier molecular flexibility index (Phi) is 4.70. The number of nitrogen functional groups attached to an aromatic ring is 1. The number of nitrogens with two attached hydrogens (primary N) is 1. The molecule has 5 heteroatoms. The predicted molar refractivity (Wildman–Crippen MR) is 84.7 cm³/mol. The molecular weight excluding hydrogens is 288 g/mol. The molecule has 0 heterocycles. The molecule has 1 amide bonds. The molecule has 3 N–H and O–H groups in total. The molecule has 2 rings (SSSR count). The molecule has 0 radical (unpaired) electrons. The first-order chi connectivity index (χ1) is 10.0. The van der Waals surface area contributed by atoms with Gasteiger partial charge in [0.2, 0.25) is 0 Å². The predicted octanol–water partition coefficient (Wildman–Crippen LogP) is 3.42. The molecule has 4 nitrogen and oxygen atoms in total. The number of hydrogen-bond donors (Lipinski definition) is 2. The molecule has 0 aromatic heterocycles. The second-order valence-electron chi connectivity index (χ2n) is 4.71. The lowest BCUT2D eigenvalue weighted by Gasteiger charge is -2.17. The van der Waals surface area contributed by atoms with Crippen molar-refractivity contribution in [2.75, 3.05) is 12.8 Å². The van der Waals surface area contributed by atoms with Gasteiger partial charge in [0.15, 0.2) is 0 Å². The summed E-state index contributed by atoms with van der Waals surface area (Å²) < 4.78 is 5.30. The van der Waals surface area contributed by atoms with E-state index in [1.165, 1.54) is 0 Å². The molecule has 1 atom stereocenters. The van der Waals surface area contributed by atoms with Gasteiger partial charge in [-0.05, 0) is 31.2 Å². The molecule has 0 aliphatic heterocycles. The number of anilines is 1. The molecule has 110 valence electrons. The Labute approximate surface area is 128 Å². The van der Waals surface area contributed by atoms with Gasteiger partial charge in [-0.2, -0.15) is 0 Å². The van der Waals surface area contributed by atoms with Crippen LogP contribution in [0.2, 0.25) is 5.02 Å². The van der Waals surface area contributed by atoms with Gasteiger partial charge in [0.25, 0.3) is 5.91 Å². The minimum atomic E-state index is -0.234. The molecule has 2 aromatic carbocycles. The molecule has 0 fully saturated rings. The SMILES string of the molecule is COc1ccccc1[C@H](C)NC(=O)c1cc(N)cc(Cl)c1. The van der Waals surface area contributed by atoms with E-state index in [1.807, 2.05) is 31.2 Å². The third-order valence-corrected chi connectivity index (χ3v) is 3.35. The Hall–Kier alpha value is -2.20. The van der Waals surface area contributed by atoms with Crippen LogP contribution in [-0.4, -0.2) is 13.0 Å². The Morgan fingerprint density at radius 2 is 2.00 bits per heavy atom. The smallest absolute Gasteiger partial charge is 0.251 e. The van der Waals surface area contributed by atoms with Crippen LogP contribution < -0.4 is 15.8 Å². The number of carbonyl (C=O) groups excluding carboxylic acids is 1. The maximum atomic E-state index is 12.3. The fraction of sp³-hybridized carbons (Fsp3) is 0.188. The van der Waals surface area contributed by atoms with Crippen molar-refractivity contribution >= 4 is 23.2 Å². The maximum Gasteiger partial charge on any atom is 0.251 e. The third-order valence-electron chi connectivity index (χ3n) is 3.14. The second kappa shape index (κ2) is 6.50. The van der Waals surface area contributed by atoms with Crippen LogP contribution in [-0.2, 0) is 0 Å². The summed E-state index contributed by atoms with van der Waals surface area (Å²) >= 11 is 5.92. The summed E-state index contributed by atoms with van der Waals surface area (Å²) in [5.74, 6) is 0.499. The van der Waals surface area contributed by atoms with Crippen molar-refractivity contribution in [1.82, 2.24) is 5.32 Å². The number of rotatable bonds is 4. The van der Waals surface area contributed by atoms with Gasteiger partial charge in [-0.3, -0.25) is 4.79 Å². The van der Waals surface area contributed by atoms with Gasteiger partial charge in [-0.1, -0.05) is 29.8 Å². The van der Waals surface area contributed by atoms with Crippen molar-refractivity contribution in [3.05, 3.63) is 58.6 Å². The molecule has 0 aliphatic carbocycles. The van der Waals surface area contributed by atoms with Crippen LogP contribution in [0, 0.1) is 0 Å². The summed E-state index contributed by atoms with van der Waals surface area (Å²) in [7, 11) is 1.60. The van der Waals surface area contributed by atoms with Crippen LogP contribution in [0.15, 0.2) is 42.5 Å². The normalized spacial score (nSPS) is 11.8. The number of amides is 1. The van der Waals surface area contributed by atoms with Gasteiger partial charge < -0.3 is 15.8 Å². The topological polar surface area (TPSA) is 64.3 Å². The zero-order chi connectivity index (χ0) is 15.4. The van der Waals surface area contributed by atoms with Crippen molar-refractivity contribution in [2.24, 2.45) is 0 Å². The lowest BCUT2D eigenvalue weighted by molar-refractivity contribution is 0.0939. The van der Waals surface area contributed by atoms with E-state index in [1.54, 1.807) is 25.3 Å². The highest BCUT2D eigenvalue weighted by molar-refractivity contribution is 6.31. The minimum absolute atomic E-state index is 0.200. The number of halogens is 1. The molecule has 0 bridgehead atoms. The van der Waals surface area contributed by atoms with Crippen LogP contribution in [0.1, 0.15) is 28.9 Å². The van der Waals surface area contributed by atoms with Gasteiger partial charge in [0.1, 0.15) is 5.75 Å². The third kappa shape index (κ3) is 3.67. The number of carbonyl (C=O) groups is 1. The summed E-state index contributed by atoms with van der Waals surface area (Å²) in [5.41, 5.74) is 7.49. The minimum Gasteiger partial charge on any atom is -0.496 e. The van der Waals surface area contributed by atoms with Crippen molar-refractivity contribution in [1.29, 1.82) is 0 Å². The van der Waals surface area contributed by atoms with Gasteiger partial charge in [0, 0.05) is 21.8 Å². The largest absolute Gasteiger partial charge is 0.496 e. The maximum absolute atomic E-state index is 12.3. The molecule has 0 saturated heterocycles. The lowest BCUT2D eigenvalue weighted by Crippen LogP contribution is -2.27. The highest BCUT2D eigenvalue weighted by Crippen LogP contribution is 2.25. The van der Waals surface area contributed by atoms with E-state index in [-0.39, 0.29) is 11.9 Å². The summed E-state index contributed by atoms with van der Waals surface area (Å²) in [5, 5.41) is 3.34. The zero-order valence-electron chi connectivity index (χ0n) is 11.9. The molecule has 0 aliphatic rings. The average Bonchev–Trinajstić information content (AvgIpc) is 2.46. The van der Waals surface area contributed by atoms with Crippen molar-refractivity contribution < 1.29 is 9.53 Å². The number of hydrogen-bond acceptors (Lipinski definition) is 3. The van der Waals surface area contributed by atoms with Gasteiger partial charge in [-0.25, -0.2) is 0 Å². The number of ether oxygens (including phenoxy) is 1. The number of methoxy groups -OCH3 is 1. The summed E-state index contributed by atoms with van der Waals surface area (Å²) in [6.45, 7) is 1.89. The lowest BCUT2D eigenvalue weighted by atomic mass is 10.1. The Morgan fingerprint density at radius 1 is 1.29 bits per heavy atom. The highest BCUT2D eigenvalue weighted by atomic mass is 35.5. The number of benzene rings is 2. The molecule has 2 aromatic rings. The summed E-state index contributed by atoms with van der Waals surface area (Å²) in [4.78, 5) is 12.3. The van der Waals surface area contributed by atoms with Gasteiger partial charge in [0.05, 0.1) is 13.2 Å². The average molecular weight is 305 g/mol. The number of nitrogens with one attached hydrogen (secondary N) is 1. The van der Waals surface area contributed by atoms with E-state index in [9.17, 15) is 4.79 Å². The molecule has 0 unspecified atom stereocenters. The van der Waals surface area contributed by atoms with E-state index >= 15 is 0 Å². The van der Waals surface area contributed by atoms with Crippen LogP contribution in [0.25, 0.3) is 0 Å². The van der Waals surface area contributed by atoms with Crippen molar-refractivity contribution in [3.8, 4) is 5.75 Å². The van der Waals surface area contributed by atoms with E-state index < -0.39 is 0 Å². The zero-order valence-corrected chi connectivity index (χ0v) is 12.6. The van der Waals surface area contributed by atoms with Gasteiger partial charge >= 0.3 is 0 Å². The molecule has 21 heavy (non-hydrogen) atoms. The molecule has 0 spiro atoms. The Bertz CT molecular complexity index is 638.